The van der Waals surface area contributed by atoms with Gasteiger partial charge in [-0.05, 0) is 13.3 Å². The first-order chi connectivity index (χ1) is 9.05. The van der Waals surface area contributed by atoms with Gasteiger partial charge in [0.15, 0.2) is 5.79 Å². The Labute approximate surface area is 120 Å². The molecule has 0 N–H and O–H groups in total. The topological polar surface area (TPSA) is 27.7 Å². The number of hydrogen-bond donors (Lipinski definition) is 0. The minimum Gasteiger partial charge on any atom is -0.373 e. The summed E-state index contributed by atoms with van der Waals surface area (Å²) in [7, 11) is 5.15. The van der Waals surface area contributed by atoms with Crippen LogP contribution >= 0.6 is 0 Å². The lowest BCUT2D eigenvalue weighted by Gasteiger charge is -2.45. The SMILES string of the molecule is CCCCCCCCC(C)(OC)C(CC)(OC)OC. The van der Waals surface area contributed by atoms with Gasteiger partial charge in [-0.3, -0.25) is 0 Å². The van der Waals surface area contributed by atoms with Gasteiger partial charge in [-0.1, -0.05) is 52.4 Å². The highest BCUT2D eigenvalue weighted by Crippen LogP contribution is 2.37. The van der Waals surface area contributed by atoms with Crippen LogP contribution in [0.2, 0.25) is 0 Å². The number of rotatable bonds is 12. The average molecular weight is 274 g/mol. The van der Waals surface area contributed by atoms with Crippen molar-refractivity contribution >= 4 is 0 Å². The van der Waals surface area contributed by atoms with E-state index in [4.69, 9.17) is 14.2 Å². The van der Waals surface area contributed by atoms with Crippen molar-refractivity contribution in [2.75, 3.05) is 21.3 Å². The third-order valence-corrected chi connectivity index (χ3v) is 4.39. The van der Waals surface area contributed by atoms with Crippen LogP contribution in [0.3, 0.4) is 0 Å². The Morgan fingerprint density at radius 3 is 1.68 bits per heavy atom. The molecule has 3 heteroatoms. The van der Waals surface area contributed by atoms with Crippen molar-refractivity contribution in [1.29, 1.82) is 0 Å². The van der Waals surface area contributed by atoms with E-state index < -0.39 is 11.4 Å². The van der Waals surface area contributed by atoms with Gasteiger partial charge >= 0.3 is 0 Å². The number of unbranched alkanes of at least 4 members (excludes halogenated alkanes) is 5. The summed E-state index contributed by atoms with van der Waals surface area (Å²) in [6.07, 6.45) is 9.44. The van der Waals surface area contributed by atoms with Gasteiger partial charge in [0.25, 0.3) is 0 Å². The summed E-state index contributed by atoms with van der Waals surface area (Å²) < 4.78 is 17.0. The lowest BCUT2D eigenvalue weighted by Crippen LogP contribution is -2.55. The Kier molecular flexibility index (Phi) is 9.67. The molecule has 0 aromatic rings. The van der Waals surface area contributed by atoms with Crippen LogP contribution in [0.5, 0.6) is 0 Å². The third-order valence-electron chi connectivity index (χ3n) is 4.39. The first-order valence-electron chi connectivity index (χ1n) is 7.71. The summed E-state index contributed by atoms with van der Waals surface area (Å²) >= 11 is 0. The van der Waals surface area contributed by atoms with E-state index in [1.54, 1.807) is 21.3 Å². The summed E-state index contributed by atoms with van der Waals surface area (Å²) in [5, 5.41) is 0. The highest BCUT2D eigenvalue weighted by Gasteiger charge is 2.48. The van der Waals surface area contributed by atoms with Crippen LogP contribution in [0.15, 0.2) is 0 Å². The lowest BCUT2D eigenvalue weighted by atomic mass is 9.86. The van der Waals surface area contributed by atoms with Crippen LogP contribution in [0, 0.1) is 0 Å². The Balaban J connectivity index is 4.35. The standard InChI is InChI=1S/C16H34O3/c1-7-9-10-11-12-13-14-15(3,17-4)16(8-2,18-5)19-6/h7-14H2,1-6H3. The van der Waals surface area contributed by atoms with E-state index >= 15 is 0 Å². The largest absolute Gasteiger partial charge is 0.373 e. The van der Waals surface area contributed by atoms with Gasteiger partial charge in [0.1, 0.15) is 5.60 Å². The van der Waals surface area contributed by atoms with Crippen LogP contribution in [-0.4, -0.2) is 32.7 Å². The van der Waals surface area contributed by atoms with Gasteiger partial charge in [0.05, 0.1) is 0 Å². The van der Waals surface area contributed by atoms with E-state index in [2.05, 4.69) is 20.8 Å². The van der Waals surface area contributed by atoms with E-state index in [9.17, 15) is 0 Å². The average Bonchev–Trinajstić information content (AvgIpc) is 2.45. The maximum absolute atomic E-state index is 5.75. The molecule has 0 saturated heterocycles. The van der Waals surface area contributed by atoms with Gasteiger partial charge < -0.3 is 14.2 Å². The highest BCUT2D eigenvalue weighted by atomic mass is 16.7. The fourth-order valence-electron chi connectivity index (χ4n) is 2.87. The van der Waals surface area contributed by atoms with Crippen LogP contribution in [-0.2, 0) is 14.2 Å². The van der Waals surface area contributed by atoms with Crippen molar-refractivity contribution in [2.45, 2.75) is 83.5 Å². The van der Waals surface area contributed by atoms with Crippen molar-refractivity contribution in [2.24, 2.45) is 0 Å². The molecule has 0 bridgehead atoms. The molecule has 19 heavy (non-hydrogen) atoms. The van der Waals surface area contributed by atoms with Gasteiger partial charge in [-0.15, -0.1) is 0 Å². The van der Waals surface area contributed by atoms with Gasteiger partial charge in [0.2, 0.25) is 0 Å². The molecule has 0 heterocycles. The molecule has 0 aliphatic carbocycles. The summed E-state index contributed by atoms with van der Waals surface area (Å²) in [5.74, 6) is -0.648. The van der Waals surface area contributed by atoms with E-state index in [1.165, 1.54) is 32.1 Å². The minimum absolute atomic E-state index is 0.393. The van der Waals surface area contributed by atoms with E-state index in [0.717, 1.165) is 19.3 Å². The molecule has 0 aromatic heterocycles. The van der Waals surface area contributed by atoms with Crippen LogP contribution < -0.4 is 0 Å². The highest BCUT2D eigenvalue weighted by molar-refractivity contribution is 4.91. The summed E-state index contributed by atoms with van der Waals surface area (Å²) in [5.41, 5.74) is -0.393. The molecular formula is C16H34O3. The number of ether oxygens (including phenoxy) is 3. The predicted octanol–water partition coefficient (Wildman–Crippen LogP) is 4.54. The van der Waals surface area contributed by atoms with Crippen LogP contribution in [0.1, 0.15) is 72.1 Å². The maximum Gasteiger partial charge on any atom is 0.196 e. The van der Waals surface area contributed by atoms with E-state index in [-0.39, 0.29) is 0 Å². The molecule has 0 aliphatic rings. The normalized spacial score (nSPS) is 15.5. The Morgan fingerprint density at radius 2 is 1.26 bits per heavy atom. The Hall–Kier alpha value is -0.120. The second-order valence-corrected chi connectivity index (χ2v) is 5.47. The molecule has 0 rings (SSSR count). The molecule has 1 atom stereocenters. The zero-order valence-electron chi connectivity index (χ0n) is 13.9. The van der Waals surface area contributed by atoms with Gasteiger partial charge in [0, 0.05) is 27.8 Å². The number of methoxy groups -OCH3 is 3. The van der Waals surface area contributed by atoms with Gasteiger partial charge in [-0.25, -0.2) is 0 Å². The van der Waals surface area contributed by atoms with Crippen molar-refractivity contribution in [3.63, 3.8) is 0 Å². The first kappa shape index (κ1) is 18.9. The predicted molar refractivity (Wildman–Crippen MR) is 80.4 cm³/mol. The second-order valence-electron chi connectivity index (χ2n) is 5.47. The molecule has 0 spiro atoms. The van der Waals surface area contributed by atoms with E-state index in [1.807, 2.05) is 0 Å². The molecule has 1 unspecified atom stereocenters. The van der Waals surface area contributed by atoms with Crippen LogP contribution in [0.25, 0.3) is 0 Å². The molecule has 0 amide bonds. The molecule has 3 nitrogen and oxygen atoms in total. The Bertz CT molecular complexity index is 206. The Morgan fingerprint density at radius 1 is 0.737 bits per heavy atom. The quantitative estimate of drug-likeness (QED) is 0.386. The summed E-state index contributed by atoms with van der Waals surface area (Å²) in [6, 6.07) is 0. The molecule has 0 fully saturated rings. The zero-order chi connectivity index (χ0) is 14.8. The van der Waals surface area contributed by atoms with Crippen LogP contribution in [0.4, 0.5) is 0 Å². The van der Waals surface area contributed by atoms with E-state index in [0.29, 0.717) is 0 Å². The molecular weight excluding hydrogens is 240 g/mol. The fourth-order valence-corrected chi connectivity index (χ4v) is 2.87. The summed E-state index contributed by atoms with van der Waals surface area (Å²) in [4.78, 5) is 0. The lowest BCUT2D eigenvalue weighted by molar-refractivity contribution is -0.306. The fraction of sp³-hybridized carbons (Fsp3) is 1.00. The second kappa shape index (κ2) is 9.73. The monoisotopic (exact) mass is 274 g/mol. The van der Waals surface area contributed by atoms with Crippen molar-refractivity contribution in [1.82, 2.24) is 0 Å². The molecule has 0 saturated carbocycles. The maximum atomic E-state index is 5.75. The van der Waals surface area contributed by atoms with Crippen molar-refractivity contribution in [3.05, 3.63) is 0 Å². The molecule has 0 aliphatic heterocycles. The van der Waals surface area contributed by atoms with Crippen molar-refractivity contribution < 1.29 is 14.2 Å². The first-order valence-corrected chi connectivity index (χ1v) is 7.71. The minimum atomic E-state index is -0.648. The smallest absolute Gasteiger partial charge is 0.196 e. The molecule has 116 valence electrons. The van der Waals surface area contributed by atoms with Crippen molar-refractivity contribution in [3.8, 4) is 0 Å². The third kappa shape index (κ3) is 5.05. The van der Waals surface area contributed by atoms with Gasteiger partial charge in [-0.2, -0.15) is 0 Å². The summed E-state index contributed by atoms with van der Waals surface area (Å²) in [6.45, 7) is 6.41. The number of hydrogen-bond acceptors (Lipinski definition) is 3. The molecule has 0 radical (unpaired) electrons. The molecule has 0 aromatic carbocycles. The zero-order valence-corrected chi connectivity index (χ0v) is 13.9.